The number of hydrogen-bond donors (Lipinski definition) is 1. The van der Waals surface area contributed by atoms with Gasteiger partial charge in [-0.25, -0.2) is 0 Å². The molecule has 0 aliphatic rings. The van der Waals surface area contributed by atoms with Crippen molar-refractivity contribution in [3.05, 3.63) is 71.8 Å². The molecule has 1 N–H and O–H groups in total. The summed E-state index contributed by atoms with van der Waals surface area (Å²) < 4.78 is 0. The molecule has 0 aliphatic carbocycles. The monoisotopic (exact) mass is 200 g/mol. The number of hydrogen-bond acceptors (Lipinski definition) is 1. The van der Waals surface area contributed by atoms with E-state index in [0.29, 0.717) is 6.42 Å². The molecule has 1 nitrogen and oxygen atoms in total. The van der Waals surface area contributed by atoms with Crippen molar-refractivity contribution in [2.75, 3.05) is 0 Å². The quantitative estimate of drug-likeness (QED) is 0.755. The van der Waals surface area contributed by atoms with E-state index in [4.69, 9.17) is 0 Å². The zero-order valence-electron chi connectivity index (χ0n) is 8.51. The molecule has 0 spiro atoms. The maximum atomic E-state index is 9.97. The second kappa shape index (κ2) is 4.76. The van der Waals surface area contributed by atoms with Crippen LogP contribution in [0.2, 0.25) is 0 Å². The fourth-order valence-corrected chi connectivity index (χ4v) is 1.63. The van der Waals surface area contributed by atoms with Crippen LogP contribution in [0.25, 0.3) is 0 Å². The Morgan fingerprint density at radius 2 is 1.33 bits per heavy atom. The van der Waals surface area contributed by atoms with Crippen LogP contribution in [0.15, 0.2) is 60.7 Å². The van der Waals surface area contributed by atoms with Gasteiger partial charge in [-0.05, 0) is 11.1 Å². The lowest BCUT2D eigenvalue weighted by molar-refractivity contribution is 0.178. The van der Waals surface area contributed by atoms with Crippen molar-refractivity contribution < 1.29 is 5.11 Å². The molecule has 0 saturated carbocycles. The van der Waals surface area contributed by atoms with E-state index >= 15 is 0 Å². The first-order chi connectivity index (χ1) is 7.36. The molecule has 2 rings (SSSR count). The van der Waals surface area contributed by atoms with E-state index in [9.17, 15) is 5.11 Å². The van der Waals surface area contributed by atoms with Gasteiger partial charge >= 0.3 is 0 Å². The molecule has 15 heavy (non-hydrogen) atoms. The van der Waals surface area contributed by atoms with Gasteiger partial charge in [0.15, 0.2) is 0 Å². The van der Waals surface area contributed by atoms with Crippen molar-refractivity contribution in [1.82, 2.24) is 0 Å². The highest BCUT2D eigenvalue weighted by Crippen LogP contribution is 2.17. The Balaban J connectivity index is 2.08. The third-order valence-electron chi connectivity index (χ3n) is 2.46. The Labute approximate surface area is 90.0 Å². The lowest BCUT2D eigenvalue weighted by atomic mass is 10.2. The highest BCUT2D eigenvalue weighted by atomic mass is 16.4. The van der Waals surface area contributed by atoms with Gasteiger partial charge in [-0.2, -0.15) is 0 Å². The molecule has 1 atom stereocenters. The number of benzene rings is 2. The van der Waals surface area contributed by atoms with Crippen molar-refractivity contribution in [1.29, 1.82) is 0 Å². The fraction of sp³-hybridized carbons (Fsp3) is 0.143. The molecule has 0 bridgehead atoms. The molecule has 2 aromatic rings. The minimum atomic E-state index is -0.409. The second-order valence-electron chi connectivity index (χ2n) is 3.62. The minimum absolute atomic E-state index is 0.409. The SMILES string of the molecule is O[13CH]([13CH2]c1ccccc1)c1ccccc1. The van der Waals surface area contributed by atoms with Crippen LogP contribution in [0.1, 0.15) is 17.2 Å². The van der Waals surface area contributed by atoms with Crippen molar-refractivity contribution >= 4 is 0 Å². The molecule has 2 aromatic carbocycles. The average molecular weight is 200 g/mol. The lowest BCUT2D eigenvalue weighted by Crippen LogP contribution is -2.01. The van der Waals surface area contributed by atoms with Crippen LogP contribution in [0.3, 0.4) is 0 Å². The Hall–Kier alpha value is -1.60. The summed E-state index contributed by atoms with van der Waals surface area (Å²) in [6, 6.07) is 19.8. The van der Waals surface area contributed by atoms with Gasteiger partial charge < -0.3 is 5.11 Å². The lowest BCUT2D eigenvalue weighted by Gasteiger charge is -2.10. The van der Waals surface area contributed by atoms with Crippen molar-refractivity contribution in [3.8, 4) is 0 Å². The highest BCUT2D eigenvalue weighted by Gasteiger charge is 2.06. The third-order valence-corrected chi connectivity index (χ3v) is 2.46. The van der Waals surface area contributed by atoms with E-state index in [2.05, 4.69) is 0 Å². The van der Waals surface area contributed by atoms with Gasteiger partial charge in [0.1, 0.15) is 0 Å². The topological polar surface area (TPSA) is 20.2 Å². The van der Waals surface area contributed by atoms with Gasteiger partial charge in [-0.1, -0.05) is 60.7 Å². The summed E-state index contributed by atoms with van der Waals surface area (Å²) in [7, 11) is 0. The summed E-state index contributed by atoms with van der Waals surface area (Å²) in [5, 5.41) is 9.97. The van der Waals surface area contributed by atoms with E-state index in [0.717, 1.165) is 11.1 Å². The van der Waals surface area contributed by atoms with E-state index in [-0.39, 0.29) is 0 Å². The normalized spacial score (nSPS) is 12.3. The Bertz CT molecular complexity index is 394. The van der Waals surface area contributed by atoms with Gasteiger partial charge in [0.05, 0.1) is 6.10 Å². The third kappa shape index (κ3) is 2.67. The molecule has 0 aromatic heterocycles. The molecule has 0 saturated heterocycles. The van der Waals surface area contributed by atoms with Gasteiger partial charge in [-0.15, -0.1) is 0 Å². The van der Waals surface area contributed by atoms with Gasteiger partial charge in [-0.3, -0.25) is 0 Å². The first-order valence-corrected chi connectivity index (χ1v) is 5.13. The molecule has 1 unspecified atom stereocenters. The standard InChI is InChI=1S/C14H14O/c15-14(13-9-5-2-6-10-13)11-12-7-3-1-4-8-12/h1-10,14-15H,11H2/i11+1,14+1. The Morgan fingerprint density at radius 1 is 0.800 bits per heavy atom. The largest absolute Gasteiger partial charge is 0.388 e. The molecule has 0 fully saturated rings. The summed E-state index contributed by atoms with van der Waals surface area (Å²) in [4.78, 5) is 0. The number of aliphatic hydroxyl groups is 1. The molecule has 76 valence electrons. The predicted octanol–water partition coefficient (Wildman–Crippen LogP) is 2.96. The Morgan fingerprint density at radius 3 is 1.93 bits per heavy atom. The van der Waals surface area contributed by atoms with Crippen LogP contribution < -0.4 is 0 Å². The fourth-order valence-electron chi connectivity index (χ4n) is 1.63. The molecular formula is C14H14O. The summed E-state index contributed by atoms with van der Waals surface area (Å²) >= 11 is 0. The molecular weight excluding hydrogens is 186 g/mol. The van der Waals surface area contributed by atoms with Gasteiger partial charge in [0, 0.05) is 6.42 Å². The highest BCUT2D eigenvalue weighted by molar-refractivity contribution is 5.22. The zero-order valence-corrected chi connectivity index (χ0v) is 8.51. The molecule has 1 heteroatoms. The summed E-state index contributed by atoms with van der Waals surface area (Å²) in [6.45, 7) is 0. The van der Waals surface area contributed by atoms with Crippen molar-refractivity contribution in [2.24, 2.45) is 0 Å². The van der Waals surface area contributed by atoms with E-state index < -0.39 is 6.10 Å². The summed E-state index contributed by atoms with van der Waals surface area (Å²) in [5.74, 6) is 0. The molecule has 0 aliphatic heterocycles. The summed E-state index contributed by atoms with van der Waals surface area (Å²) in [5.41, 5.74) is 2.13. The van der Waals surface area contributed by atoms with Gasteiger partial charge in [0.2, 0.25) is 0 Å². The average Bonchev–Trinajstić information content (AvgIpc) is 2.31. The first-order valence-electron chi connectivity index (χ1n) is 5.13. The minimum Gasteiger partial charge on any atom is -0.388 e. The maximum absolute atomic E-state index is 9.97. The predicted molar refractivity (Wildman–Crippen MR) is 61.5 cm³/mol. The van der Waals surface area contributed by atoms with Crippen LogP contribution >= 0.6 is 0 Å². The van der Waals surface area contributed by atoms with E-state index in [1.165, 1.54) is 0 Å². The maximum Gasteiger partial charge on any atom is 0.0830 e. The van der Waals surface area contributed by atoms with E-state index in [1.54, 1.807) is 0 Å². The van der Waals surface area contributed by atoms with Gasteiger partial charge in [0.25, 0.3) is 0 Å². The van der Waals surface area contributed by atoms with Crippen LogP contribution in [0, 0.1) is 0 Å². The number of aliphatic hydroxyl groups excluding tert-OH is 1. The molecule has 0 amide bonds. The van der Waals surface area contributed by atoms with Crippen LogP contribution in [-0.2, 0) is 6.42 Å². The van der Waals surface area contributed by atoms with E-state index in [1.807, 2.05) is 60.7 Å². The Kier molecular flexibility index (Phi) is 3.15. The zero-order chi connectivity index (χ0) is 10.5. The molecule has 0 radical (unpaired) electrons. The van der Waals surface area contributed by atoms with Crippen LogP contribution in [-0.4, -0.2) is 5.11 Å². The first kappa shape index (κ1) is 9.94. The van der Waals surface area contributed by atoms with Crippen molar-refractivity contribution in [3.63, 3.8) is 0 Å². The second-order valence-corrected chi connectivity index (χ2v) is 3.62. The van der Waals surface area contributed by atoms with Crippen molar-refractivity contribution in [2.45, 2.75) is 12.5 Å². The van der Waals surface area contributed by atoms with Crippen LogP contribution in [0.5, 0.6) is 0 Å². The number of rotatable bonds is 3. The van der Waals surface area contributed by atoms with Crippen LogP contribution in [0.4, 0.5) is 0 Å². The molecule has 0 heterocycles. The smallest absolute Gasteiger partial charge is 0.0830 e. The summed E-state index contributed by atoms with van der Waals surface area (Å²) in [6.07, 6.45) is 0.263.